The van der Waals surface area contributed by atoms with Gasteiger partial charge in [0.1, 0.15) is 6.54 Å². The number of hydroxylamine groups is 2. The Kier molecular flexibility index (Phi) is 3.28. The van der Waals surface area contributed by atoms with Gasteiger partial charge in [-0.25, -0.2) is 4.79 Å². The van der Waals surface area contributed by atoms with Crippen molar-refractivity contribution in [1.82, 2.24) is 10.4 Å². The standard InChI is InChI=1S/C12H10N2O5/c1-7(15)13-6-10(16)19-14-11(17)8-4-2-3-5-9(8)12(14)18/h2-5H,6H2,1H3,(H,13,15). The maximum Gasteiger partial charge on any atom is 0.352 e. The number of imide groups is 1. The molecule has 0 bridgehead atoms. The Hall–Kier alpha value is -2.70. The topological polar surface area (TPSA) is 92.8 Å². The molecule has 7 nitrogen and oxygen atoms in total. The highest BCUT2D eigenvalue weighted by Crippen LogP contribution is 2.22. The van der Waals surface area contributed by atoms with Crippen LogP contribution in [0.4, 0.5) is 0 Å². The predicted octanol–water partition coefficient (Wildman–Crippen LogP) is -0.123. The van der Waals surface area contributed by atoms with Gasteiger partial charge in [-0.2, -0.15) is 0 Å². The molecule has 2 rings (SSSR count). The first kappa shape index (κ1) is 12.7. The van der Waals surface area contributed by atoms with Crippen molar-refractivity contribution < 1.29 is 24.0 Å². The molecule has 1 aromatic carbocycles. The molecule has 19 heavy (non-hydrogen) atoms. The number of fused-ring (bicyclic) bond motifs is 1. The minimum absolute atomic E-state index is 0.180. The van der Waals surface area contributed by atoms with Gasteiger partial charge in [0.25, 0.3) is 11.8 Å². The van der Waals surface area contributed by atoms with E-state index in [1.807, 2.05) is 0 Å². The summed E-state index contributed by atoms with van der Waals surface area (Å²) >= 11 is 0. The summed E-state index contributed by atoms with van der Waals surface area (Å²) in [5.41, 5.74) is 0.361. The third kappa shape index (κ3) is 2.44. The Morgan fingerprint density at radius 3 is 2.16 bits per heavy atom. The Bertz CT molecular complexity index is 546. The second-order valence-corrected chi connectivity index (χ2v) is 3.82. The van der Waals surface area contributed by atoms with Crippen molar-refractivity contribution in [3.05, 3.63) is 35.4 Å². The molecule has 0 spiro atoms. The molecular weight excluding hydrogens is 252 g/mol. The first-order valence-corrected chi connectivity index (χ1v) is 5.43. The third-order valence-corrected chi connectivity index (χ3v) is 2.43. The quantitative estimate of drug-likeness (QED) is 0.766. The summed E-state index contributed by atoms with van der Waals surface area (Å²) in [5.74, 6) is -2.71. The van der Waals surface area contributed by atoms with Gasteiger partial charge in [-0.05, 0) is 12.1 Å². The normalized spacial score (nSPS) is 13.2. The van der Waals surface area contributed by atoms with Crippen LogP contribution in [0.1, 0.15) is 27.6 Å². The second kappa shape index (κ2) is 4.89. The van der Waals surface area contributed by atoms with Crippen molar-refractivity contribution in [2.24, 2.45) is 0 Å². The summed E-state index contributed by atoms with van der Waals surface area (Å²) in [4.78, 5) is 50.3. The lowest BCUT2D eigenvalue weighted by atomic mass is 10.1. The number of nitrogens with zero attached hydrogens (tertiary/aromatic N) is 1. The maximum absolute atomic E-state index is 11.8. The van der Waals surface area contributed by atoms with E-state index in [1.54, 1.807) is 12.1 Å². The largest absolute Gasteiger partial charge is 0.352 e. The lowest BCUT2D eigenvalue weighted by Crippen LogP contribution is -2.37. The molecule has 0 saturated heterocycles. The zero-order valence-electron chi connectivity index (χ0n) is 10.0. The van der Waals surface area contributed by atoms with E-state index in [2.05, 4.69) is 10.2 Å². The molecule has 0 saturated carbocycles. The maximum atomic E-state index is 11.8. The average Bonchev–Trinajstić information content (AvgIpc) is 2.62. The number of carbonyl (C=O) groups excluding carboxylic acids is 4. The summed E-state index contributed by atoms with van der Waals surface area (Å²) in [6, 6.07) is 6.15. The fourth-order valence-electron chi connectivity index (χ4n) is 1.58. The number of hydrogen-bond acceptors (Lipinski definition) is 5. The number of amides is 3. The smallest absolute Gasteiger partial charge is 0.345 e. The molecule has 3 amide bonds. The van der Waals surface area contributed by atoms with Gasteiger partial charge in [-0.1, -0.05) is 17.2 Å². The zero-order chi connectivity index (χ0) is 14.0. The van der Waals surface area contributed by atoms with E-state index in [9.17, 15) is 19.2 Å². The van der Waals surface area contributed by atoms with Crippen molar-refractivity contribution >= 4 is 23.7 Å². The highest BCUT2D eigenvalue weighted by atomic mass is 16.7. The molecule has 1 aromatic rings. The monoisotopic (exact) mass is 262 g/mol. The van der Waals surface area contributed by atoms with Gasteiger partial charge in [-0.15, -0.1) is 0 Å². The van der Waals surface area contributed by atoms with Crippen molar-refractivity contribution in [3.63, 3.8) is 0 Å². The first-order valence-electron chi connectivity index (χ1n) is 5.43. The average molecular weight is 262 g/mol. The van der Waals surface area contributed by atoms with Gasteiger partial charge < -0.3 is 10.2 Å². The summed E-state index contributed by atoms with van der Waals surface area (Å²) in [5, 5.41) is 2.60. The molecule has 0 atom stereocenters. The molecule has 0 unspecified atom stereocenters. The number of nitrogens with one attached hydrogen (secondary N) is 1. The van der Waals surface area contributed by atoms with Gasteiger partial charge in [0.05, 0.1) is 11.1 Å². The zero-order valence-corrected chi connectivity index (χ0v) is 10.0. The van der Waals surface area contributed by atoms with Gasteiger partial charge in [0, 0.05) is 6.92 Å². The molecule has 98 valence electrons. The van der Waals surface area contributed by atoms with Crippen LogP contribution in [-0.4, -0.2) is 35.3 Å². The fraction of sp³-hybridized carbons (Fsp3) is 0.167. The molecule has 1 N–H and O–H groups in total. The van der Waals surface area contributed by atoms with E-state index in [-0.39, 0.29) is 11.1 Å². The summed E-state index contributed by atoms with van der Waals surface area (Å²) in [7, 11) is 0. The molecule has 0 fully saturated rings. The van der Waals surface area contributed by atoms with E-state index in [0.29, 0.717) is 5.06 Å². The van der Waals surface area contributed by atoms with E-state index in [1.165, 1.54) is 19.1 Å². The van der Waals surface area contributed by atoms with Gasteiger partial charge in [0.2, 0.25) is 5.91 Å². The minimum Gasteiger partial charge on any atom is -0.345 e. The van der Waals surface area contributed by atoms with Crippen LogP contribution in [0.3, 0.4) is 0 Å². The van der Waals surface area contributed by atoms with Crippen LogP contribution in [0, 0.1) is 0 Å². The number of hydrogen-bond donors (Lipinski definition) is 1. The molecule has 0 aliphatic carbocycles. The summed E-state index contributed by atoms with van der Waals surface area (Å²) in [6.45, 7) is 0.817. The van der Waals surface area contributed by atoms with Gasteiger partial charge >= 0.3 is 5.97 Å². The van der Waals surface area contributed by atoms with Crippen LogP contribution in [0.15, 0.2) is 24.3 Å². The summed E-state index contributed by atoms with van der Waals surface area (Å²) < 4.78 is 0. The van der Waals surface area contributed by atoms with Crippen LogP contribution >= 0.6 is 0 Å². The van der Waals surface area contributed by atoms with Crippen molar-refractivity contribution in [3.8, 4) is 0 Å². The number of rotatable bonds is 3. The van der Waals surface area contributed by atoms with Crippen LogP contribution in [0.5, 0.6) is 0 Å². The van der Waals surface area contributed by atoms with E-state index in [0.717, 1.165) is 0 Å². The fourth-order valence-corrected chi connectivity index (χ4v) is 1.58. The second-order valence-electron chi connectivity index (χ2n) is 3.82. The van der Waals surface area contributed by atoms with Crippen molar-refractivity contribution in [2.45, 2.75) is 6.92 Å². The highest BCUT2D eigenvalue weighted by molar-refractivity contribution is 6.20. The van der Waals surface area contributed by atoms with Crippen LogP contribution in [0.2, 0.25) is 0 Å². The highest BCUT2D eigenvalue weighted by Gasteiger charge is 2.38. The molecular formula is C12H10N2O5. The molecule has 1 aliphatic heterocycles. The Labute approximate surface area is 108 Å². The van der Waals surface area contributed by atoms with Gasteiger partial charge in [0.15, 0.2) is 0 Å². The molecule has 1 heterocycles. The first-order chi connectivity index (χ1) is 9.00. The lowest BCUT2D eigenvalue weighted by Gasteiger charge is -2.12. The predicted molar refractivity (Wildman–Crippen MR) is 61.7 cm³/mol. The molecule has 0 radical (unpaired) electrons. The molecule has 7 heteroatoms. The number of benzene rings is 1. The van der Waals surface area contributed by atoms with Gasteiger partial charge in [-0.3, -0.25) is 14.4 Å². The lowest BCUT2D eigenvalue weighted by molar-refractivity contribution is -0.167. The SMILES string of the molecule is CC(=O)NCC(=O)ON1C(=O)c2ccccc2C1=O. The van der Waals surface area contributed by atoms with Crippen LogP contribution in [-0.2, 0) is 14.4 Å². The third-order valence-electron chi connectivity index (χ3n) is 2.43. The van der Waals surface area contributed by atoms with E-state index < -0.39 is 30.2 Å². The number of carbonyl (C=O) groups is 4. The Balaban J connectivity index is 2.08. The Morgan fingerprint density at radius 2 is 1.68 bits per heavy atom. The summed E-state index contributed by atoms with van der Waals surface area (Å²) in [6.07, 6.45) is 0. The van der Waals surface area contributed by atoms with Crippen molar-refractivity contribution in [2.75, 3.05) is 6.54 Å². The van der Waals surface area contributed by atoms with E-state index in [4.69, 9.17) is 0 Å². The van der Waals surface area contributed by atoms with Crippen LogP contribution < -0.4 is 5.32 Å². The van der Waals surface area contributed by atoms with Crippen LogP contribution in [0.25, 0.3) is 0 Å². The molecule has 0 aromatic heterocycles. The van der Waals surface area contributed by atoms with Crippen molar-refractivity contribution in [1.29, 1.82) is 0 Å². The van der Waals surface area contributed by atoms with E-state index >= 15 is 0 Å². The molecule has 1 aliphatic rings. The minimum atomic E-state index is -0.898. The Morgan fingerprint density at radius 1 is 1.16 bits per heavy atom.